The van der Waals surface area contributed by atoms with Crippen molar-refractivity contribution >= 4 is 17.2 Å². The van der Waals surface area contributed by atoms with Gasteiger partial charge in [0.25, 0.3) is 0 Å². The molecular weight excluding hydrogens is 364 g/mol. The fourth-order valence-electron chi connectivity index (χ4n) is 3.17. The molecule has 3 aromatic heterocycles. The number of aromatic nitrogens is 5. The lowest BCUT2D eigenvalue weighted by molar-refractivity contribution is 0.483. The quantitative estimate of drug-likeness (QED) is 0.478. The maximum absolute atomic E-state index is 5.92. The smallest absolute Gasteiger partial charge is 0.180 e. The fraction of sp³-hybridized carbons (Fsp3) is 0.0455. The third-order valence-electron chi connectivity index (χ3n) is 4.50. The molecule has 7 heteroatoms. The molecule has 3 heterocycles. The Morgan fingerprint density at radius 2 is 1.79 bits per heavy atom. The van der Waals surface area contributed by atoms with Crippen LogP contribution in [-0.2, 0) is 7.05 Å². The number of rotatable bonds is 5. The monoisotopic (exact) mass is 382 g/mol. The lowest BCUT2D eigenvalue weighted by Gasteiger charge is -2.10. The van der Waals surface area contributed by atoms with E-state index in [1.165, 1.54) is 0 Å². The first-order valence-corrected chi connectivity index (χ1v) is 9.17. The van der Waals surface area contributed by atoms with E-state index in [-0.39, 0.29) is 0 Å². The number of nitrogens with zero attached hydrogens (tertiary/aromatic N) is 5. The van der Waals surface area contributed by atoms with Crippen molar-refractivity contribution in [2.75, 3.05) is 5.32 Å². The second-order valence-electron chi connectivity index (χ2n) is 6.58. The lowest BCUT2D eigenvalue weighted by atomic mass is 10.3. The van der Waals surface area contributed by atoms with Crippen LogP contribution in [0.25, 0.3) is 16.9 Å². The molecular formula is C22H18N6O. The van der Waals surface area contributed by atoms with Gasteiger partial charge in [-0.2, -0.15) is 5.10 Å². The van der Waals surface area contributed by atoms with Gasteiger partial charge >= 0.3 is 0 Å². The van der Waals surface area contributed by atoms with Crippen molar-refractivity contribution in [1.29, 1.82) is 0 Å². The Morgan fingerprint density at radius 3 is 2.62 bits per heavy atom. The normalized spacial score (nSPS) is 10.9. The minimum absolute atomic E-state index is 0.666. The van der Waals surface area contributed by atoms with E-state index in [9.17, 15) is 0 Å². The maximum Gasteiger partial charge on any atom is 0.180 e. The number of aryl methyl sites for hydroxylation is 1. The first-order chi connectivity index (χ1) is 14.3. The van der Waals surface area contributed by atoms with Crippen LogP contribution < -0.4 is 10.1 Å². The van der Waals surface area contributed by atoms with E-state index in [0.717, 1.165) is 34.1 Å². The van der Waals surface area contributed by atoms with Crippen molar-refractivity contribution in [2.24, 2.45) is 7.05 Å². The van der Waals surface area contributed by atoms with Crippen molar-refractivity contribution in [3.8, 4) is 22.8 Å². The molecule has 7 nitrogen and oxygen atoms in total. The number of hydrogen-bond acceptors (Lipinski definition) is 5. The Balaban J connectivity index is 1.45. The molecule has 0 fully saturated rings. The zero-order valence-electron chi connectivity index (χ0n) is 15.7. The molecule has 0 spiro atoms. The van der Waals surface area contributed by atoms with Crippen molar-refractivity contribution in [3.63, 3.8) is 0 Å². The molecule has 0 unspecified atom stereocenters. The molecule has 0 saturated carbocycles. The predicted molar refractivity (Wildman–Crippen MR) is 111 cm³/mol. The van der Waals surface area contributed by atoms with Gasteiger partial charge in [-0.3, -0.25) is 9.08 Å². The van der Waals surface area contributed by atoms with Gasteiger partial charge in [0.05, 0.1) is 18.1 Å². The standard InChI is InChI=1S/C22H18N6O/c1-27-15-16(13-25-27)20-14-24-22-21(23-10-11-28(20)22)26-17-6-5-9-19(12-17)29-18-7-3-2-4-8-18/h2-15H,1H3,(H,23,26). The molecule has 0 amide bonds. The topological polar surface area (TPSA) is 69.3 Å². The van der Waals surface area contributed by atoms with E-state index >= 15 is 0 Å². The molecule has 0 atom stereocenters. The summed E-state index contributed by atoms with van der Waals surface area (Å²) >= 11 is 0. The summed E-state index contributed by atoms with van der Waals surface area (Å²) in [4.78, 5) is 9.03. The van der Waals surface area contributed by atoms with Gasteiger partial charge in [0.2, 0.25) is 0 Å². The summed E-state index contributed by atoms with van der Waals surface area (Å²) in [6, 6.07) is 17.5. The number of nitrogens with one attached hydrogen (secondary N) is 1. The molecule has 0 aliphatic carbocycles. The van der Waals surface area contributed by atoms with Gasteiger partial charge < -0.3 is 10.1 Å². The number of imidazole rings is 1. The third-order valence-corrected chi connectivity index (χ3v) is 4.50. The highest BCUT2D eigenvalue weighted by Gasteiger charge is 2.12. The van der Waals surface area contributed by atoms with Gasteiger partial charge in [-0.1, -0.05) is 24.3 Å². The summed E-state index contributed by atoms with van der Waals surface area (Å²) in [6.07, 6.45) is 9.25. The molecule has 0 aliphatic heterocycles. The van der Waals surface area contributed by atoms with Crippen molar-refractivity contribution in [2.45, 2.75) is 0 Å². The molecule has 0 bridgehead atoms. The van der Waals surface area contributed by atoms with Gasteiger partial charge in [-0.05, 0) is 24.3 Å². The molecule has 5 aromatic rings. The Hall–Kier alpha value is -4.13. The fourth-order valence-corrected chi connectivity index (χ4v) is 3.17. The molecule has 0 radical (unpaired) electrons. The van der Waals surface area contributed by atoms with Crippen LogP contribution in [0, 0.1) is 0 Å². The zero-order chi connectivity index (χ0) is 19.6. The number of anilines is 2. The van der Waals surface area contributed by atoms with Crippen LogP contribution in [0.3, 0.4) is 0 Å². The average molecular weight is 382 g/mol. The largest absolute Gasteiger partial charge is 0.457 e. The zero-order valence-corrected chi connectivity index (χ0v) is 15.7. The van der Waals surface area contributed by atoms with Crippen LogP contribution in [0.15, 0.2) is 85.6 Å². The van der Waals surface area contributed by atoms with Crippen LogP contribution in [0.4, 0.5) is 11.5 Å². The molecule has 0 saturated heterocycles. The highest BCUT2D eigenvalue weighted by Crippen LogP contribution is 2.28. The van der Waals surface area contributed by atoms with Gasteiger partial charge in [-0.15, -0.1) is 0 Å². The van der Waals surface area contributed by atoms with Crippen LogP contribution in [0.5, 0.6) is 11.5 Å². The lowest BCUT2D eigenvalue weighted by Crippen LogP contribution is -1.98. The summed E-state index contributed by atoms with van der Waals surface area (Å²) in [5, 5.41) is 7.59. The van der Waals surface area contributed by atoms with Gasteiger partial charge in [-0.25, -0.2) is 9.97 Å². The predicted octanol–water partition coefficient (Wildman–Crippen LogP) is 4.67. The number of benzene rings is 2. The minimum Gasteiger partial charge on any atom is -0.457 e. The Morgan fingerprint density at radius 1 is 0.931 bits per heavy atom. The molecule has 29 heavy (non-hydrogen) atoms. The first-order valence-electron chi connectivity index (χ1n) is 9.17. The van der Waals surface area contributed by atoms with Crippen LogP contribution >= 0.6 is 0 Å². The summed E-state index contributed by atoms with van der Waals surface area (Å²) in [6.45, 7) is 0. The van der Waals surface area contributed by atoms with Crippen LogP contribution in [0.2, 0.25) is 0 Å². The van der Waals surface area contributed by atoms with Crippen LogP contribution in [0.1, 0.15) is 0 Å². The van der Waals surface area contributed by atoms with E-state index in [1.807, 2.05) is 90.8 Å². The SMILES string of the molecule is Cn1cc(-c2cnc3c(Nc4cccc(Oc5ccccc5)c4)nccn23)cn1. The maximum atomic E-state index is 5.92. The number of hydrogen-bond donors (Lipinski definition) is 1. The molecule has 1 N–H and O–H groups in total. The Labute approximate surface area is 167 Å². The first kappa shape index (κ1) is 17.0. The number of fused-ring (bicyclic) bond motifs is 1. The second kappa shape index (κ2) is 7.12. The van der Waals surface area contributed by atoms with Gasteiger partial charge in [0, 0.05) is 43.0 Å². The molecule has 2 aromatic carbocycles. The Kier molecular flexibility index (Phi) is 4.18. The highest BCUT2D eigenvalue weighted by molar-refractivity contribution is 5.74. The molecule has 142 valence electrons. The van der Waals surface area contributed by atoms with Gasteiger partial charge in [0.1, 0.15) is 11.5 Å². The van der Waals surface area contributed by atoms with E-state index < -0.39 is 0 Å². The summed E-state index contributed by atoms with van der Waals surface area (Å²) in [7, 11) is 1.89. The van der Waals surface area contributed by atoms with Crippen molar-refractivity contribution < 1.29 is 4.74 Å². The van der Waals surface area contributed by atoms with E-state index in [1.54, 1.807) is 10.9 Å². The third kappa shape index (κ3) is 3.41. The van der Waals surface area contributed by atoms with Crippen molar-refractivity contribution in [1.82, 2.24) is 24.1 Å². The van der Waals surface area contributed by atoms with E-state index in [4.69, 9.17) is 4.74 Å². The summed E-state index contributed by atoms with van der Waals surface area (Å²) < 4.78 is 9.69. The van der Waals surface area contributed by atoms with Crippen LogP contribution in [-0.4, -0.2) is 24.1 Å². The number of ether oxygens (including phenoxy) is 1. The highest BCUT2D eigenvalue weighted by atomic mass is 16.5. The molecule has 0 aliphatic rings. The van der Waals surface area contributed by atoms with Gasteiger partial charge in [0.15, 0.2) is 11.5 Å². The number of para-hydroxylation sites is 1. The van der Waals surface area contributed by atoms with E-state index in [0.29, 0.717) is 5.82 Å². The molecule has 5 rings (SSSR count). The van der Waals surface area contributed by atoms with E-state index in [2.05, 4.69) is 20.4 Å². The van der Waals surface area contributed by atoms with Crippen molar-refractivity contribution in [3.05, 3.63) is 85.6 Å². The Bertz CT molecular complexity index is 1270. The second-order valence-corrected chi connectivity index (χ2v) is 6.58. The average Bonchev–Trinajstić information content (AvgIpc) is 3.36. The summed E-state index contributed by atoms with van der Waals surface area (Å²) in [5.74, 6) is 2.20. The summed E-state index contributed by atoms with van der Waals surface area (Å²) in [5.41, 5.74) is 3.56. The minimum atomic E-state index is 0.666.